The first-order valence-corrected chi connectivity index (χ1v) is 12.8. The minimum atomic E-state index is -0.732. The number of benzene rings is 2. The lowest BCUT2D eigenvalue weighted by Gasteiger charge is -2.36. The molecule has 39 heavy (non-hydrogen) atoms. The van der Waals surface area contributed by atoms with Crippen molar-refractivity contribution in [2.45, 2.75) is 18.9 Å². The van der Waals surface area contributed by atoms with Crippen LogP contribution in [0.25, 0.3) is 10.9 Å². The van der Waals surface area contributed by atoms with Crippen LogP contribution in [0.1, 0.15) is 29.4 Å². The zero-order valence-corrected chi connectivity index (χ0v) is 22.0. The third-order valence-electron chi connectivity index (χ3n) is 7.16. The third-order valence-corrected chi connectivity index (χ3v) is 7.16. The first-order chi connectivity index (χ1) is 19.0. The van der Waals surface area contributed by atoms with E-state index < -0.39 is 23.1 Å². The normalized spacial score (nSPS) is 14.8. The smallest absolute Gasteiger partial charge is 0.306 e. The molecule has 0 spiro atoms. The van der Waals surface area contributed by atoms with Gasteiger partial charge in [0.2, 0.25) is 11.2 Å². The molecule has 1 fully saturated rings. The molecule has 9 nitrogen and oxygen atoms in total. The Morgan fingerprint density at radius 3 is 2.51 bits per heavy atom. The Bertz CT molecular complexity index is 1500. The predicted octanol–water partition coefficient (Wildman–Crippen LogP) is 3.92. The first-order valence-electron chi connectivity index (χ1n) is 12.8. The Balaban J connectivity index is 1.40. The fraction of sp³-hybridized carbons (Fsp3) is 0.300. The molecule has 2 aromatic carbocycles. The summed E-state index contributed by atoms with van der Waals surface area (Å²) >= 11 is 0. The summed E-state index contributed by atoms with van der Waals surface area (Å²) < 4.78 is 16.4. The number of para-hydroxylation sites is 1. The number of ether oxygens (including phenoxy) is 2. The van der Waals surface area contributed by atoms with E-state index in [1.807, 2.05) is 48.5 Å². The number of aromatic hydroxyl groups is 1. The van der Waals surface area contributed by atoms with Gasteiger partial charge in [-0.25, -0.2) is 0 Å². The van der Waals surface area contributed by atoms with E-state index in [-0.39, 0.29) is 12.2 Å². The maximum Gasteiger partial charge on any atom is 0.306 e. The molecule has 1 atom stereocenters. The molecule has 1 N–H and O–H groups in total. The highest BCUT2D eigenvalue weighted by atomic mass is 16.5. The summed E-state index contributed by atoms with van der Waals surface area (Å²) in [5, 5.41) is 11.6. The van der Waals surface area contributed by atoms with Gasteiger partial charge in [-0.15, -0.1) is 0 Å². The number of rotatable bonds is 8. The van der Waals surface area contributed by atoms with E-state index in [2.05, 4.69) is 14.8 Å². The quantitative estimate of drug-likeness (QED) is 0.340. The second kappa shape index (κ2) is 11.6. The minimum Gasteiger partial charge on any atom is -0.502 e. The minimum absolute atomic E-state index is 0.0520. The van der Waals surface area contributed by atoms with Crippen molar-refractivity contribution >= 4 is 22.6 Å². The van der Waals surface area contributed by atoms with Crippen LogP contribution >= 0.6 is 0 Å². The highest BCUT2D eigenvalue weighted by molar-refractivity contribution is 5.84. The molecule has 202 valence electrons. The Morgan fingerprint density at radius 2 is 1.79 bits per heavy atom. The van der Waals surface area contributed by atoms with Crippen LogP contribution in [-0.2, 0) is 16.1 Å². The number of nitrogens with zero attached hydrogens (tertiary/aromatic N) is 3. The van der Waals surface area contributed by atoms with Gasteiger partial charge < -0.3 is 23.9 Å². The molecular weight excluding hydrogens is 498 g/mol. The lowest BCUT2D eigenvalue weighted by molar-refractivity contribution is -0.140. The van der Waals surface area contributed by atoms with Gasteiger partial charge in [-0.3, -0.25) is 19.5 Å². The van der Waals surface area contributed by atoms with Crippen LogP contribution < -0.4 is 15.1 Å². The summed E-state index contributed by atoms with van der Waals surface area (Å²) in [6, 6.07) is 18.6. The third kappa shape index (κ3) is 5.73. The van der Waals surface area contributed by atoms with Crippen molar-refractivity contribution in [3.05, 3.63) is 94.2 Å². The number of carbonyl (C=O) groups is 1. The van der Waals surface area contributed by atoms with Crippen LogP contribution in [0.5, 0.6) is 11.5 Å². The number of anilines is 1. The number of fused-ring (bicyclic) bond motifs is 1. The van der Waals surface area contributed by atoms with Crippen molar-refractivity contribution in [1.29, 1.82) is 0 Å². The summed E-state index contributed by atoms with van der Waals surface area (Å²) in [6.45, 7) is 3.57. The molecule has 0 amide bonds. The maximum atomic E-state index is 12.9. The van der Waals surface area contributed by atoms with Crippen LogP contribution in [0.2, 0.25) is 0 Å². The van der Waals surface area contributed by atoms with Crippen molar-refractivity contribution in [2.75, 3.05) is 45.3 Å². The number of methoxy groups -OCH3 is 2. The fourth-order valence-electron chi connectivity index (χ4n) is 5.06. The maximum absolute atomic E-state index is 12.9. The number of aromatic nitrogens is 1. The van der Waals surface area contributed by atoms with Gasteiger partial charge in [-0.05, 0) is 42.0 Å². The second-order valence-electron chi connectivity index (χ2n) is 9.50. The van der Waals surface area contributed by atoms with E-state index in [4.69, 9.17) is 13.9 Å². The van der Waals surface area contributed by atoms with Crippen LogP contribution in [0, 0.1) is 0 Å². The Labute approximate surface area is 226 Å². The van der Waals surface area contributed by atoms with Crippen molar-refractivity contribution in [3.63, 3.8) is 0 Å². The zero-order chi connectivity index (χ0) is 27.4. The van der Waals surface area contributed by atoms with Crippen LogP contribution in [0.15, 0.2) is 76.1 Å². The van der Waals surface area contributed by atoms with Crippen LogP contribution in [-0.4, -0.2) is 61.4 Å². The molecule has 3 heterocycles. The highest BCUT2D eigenvalue weighted by Crippen LogP contribution is 2.36. The first kappa shape index (κ1) is 26.2. The SMILES string of the molecule is COC(=O)CC(c1oc(CN2CCN(c3ccc(OC)cc3)CC2)cc(=O)c1O)c1ccnc2ccccc12. The molecule has 9 heteroatoms. The lowest BCUT2D eigenvalue weighted by atomic mass is 9.90. The Kier molecular flexibility index (Phi) is 7.79. The van der Waals surface area contributed by atoms with Gasteiger partial charge in [-0.2, -0.15) is 0 Å². The number of hydrogen-bond donors (Lipinski definition) is 1. The number of pyridine rings is 1. The number of carbonyl (C=O) groups excluding carboxylic acids is 1. The van der Waals surface area contributed by atoms with Crippen molar-refractivity contribution < 1.29 is 23.8 Å². The summed E-state index contributed by atoms with van der Waals surface area (Å²) in [5.74, 6) is -0.415. The molecule has 1 saturated heterocycles. The second-order valence-corrected chi connectivity index (χ2v) is 9.50. The van der Waals surface area contributed by atoms with Gasteiger partial charge in [0.25, 0.3) is 0 Å². The van der Waals surface area contributed by atoms with Gasteiger partial charge in [-0.1, -0.05) is 18.2 Å². The zero-order valence-electron chi connectivity index (χ0n) is 22.0. The molecular formula is C30H31N3O6. The molecule has 2 aromatic heterocycles. The molecule has 1 unspecified atom stereocenters. The summed E-state index contributed by atoms with van der Waals surface area (Å²) in [4.78, 5) is 34.2. The van der Waals surface area contributed by atoms with E-state index >= 15 is 0 Å². The van der Waals surface area contributed by atoms with E-state index in [1.54, 1.807) is 19.4 Å². The molecule has 0 aliphatic carbocycles. The van der Waals surface area contributed by atoms with E-state index in [0.717, 1.165) is 54.1 Å². The van der Waals surface area contributed by atoms with Gasteiger partial charge in [0.15, 0.2) is 5.76 Å². The molecule has 1 aliphatic rings. The topological polar surface area (TPSA) is 105 Å². The average Bonchev–Trinajstić information content (AvgIpc) is 2.98. The fourth-order valence-corrected chi connectivity index (χ4v) is 5.06. The largest absolute Gasteiger partial charge is 0.502 e. The molecule has 0 saturated carbocycles. The molecule has 0 bridgehead atoms. The predicted molar refractivity (Wildman–Crippen MR) is 147 cm³/mol. The summed E-state index contributed by atoms with van der Waals surface area (Å²) in [6.07, 6.45) is 1.54. The number of piperazine rings is 1. The molecule has 4 aromatic rings. The Morgan fingerprint density at radius 1 is 1.05 bits per heavy atom. The standard InChI is InChI=1S/C30H31N3O6/c1-37-21-9-7-20(8-10-21)33-15-13-32(14-16-33)19-22-17-27(34)29(36)30(39-22)25(18-28(35)38-2)23-11-12-31-26-6-4-3-5-24(23)26/h3-12,17,25,36H,13-16,18-19H2,1-2H3. The van der Waals surface area contributed by atoms with Gasteiger partial charge >= 0.3 is 5.97 Å². The average molecular weight is 530 g/mol. The van der Waals surface area contributed by atoms with E-state index in [0.29, 0.717) is 12.3 Å². The van der Waals surface area contributed by atoms with Crippen molar-refractivity contribution in [2.24, 2.45) is 0 Å². The lowest BCUT2D eigenvalue weighted by Crippen LogP contribution is -2.46. The van der Waals surface area contributed by atoms with Gasteiger partial charge in [0.1, 0.15) is 11.5 Å². The van der Waals surface area contributed by atoms with Crippen molar-refractivity contribution in [3.8, 4) is 11.5 Å². The summed E-state index contributed by atoms with van der Waals surface area (Å²) in [7, 11) is 2.96. The molecule has 5 rings (SSSR count). The van der Waals surface area contributed by atoms with Gasteiger partial charge in [0.05, 0.1) is 38.6 Å². The number of esters is 1. The molecule has 1 aliphatic heterocycles. The van der Waals surface area contributed by atoms with Gasteiger partial charge in [0, 0.05) is 49.5 Å². The highest BCUT2D eigenvalue weighted by Gasteiger charge is 2.28. The monoisotopic (exact) mass is 529 g/mol. The van der Waals surface area contributed by atoms with E-state index in [9.17, 15) is 14.7 Å². The Hall–Kier alpha value is -4.37. The van der Waals surface area contributed by atoms with Crippen molar-refractivity contribution in [1.82, 2.24) is 9.88 Å². The van der Waals surface area contributed by atoms with Crippen LogP contribution in [0.4, 0.5) is 5.69 Å². The summed E-state index contributed by atoms with van der Waals surface area (Å²) in [5.41, 5.74) is 2.03. The van der Waals surface area contributed by atoms with Crippen LogP contribution in [0.3, 0.4) is 0 Å². The number of hydrogen-bond acceptors (Lipinski definition) is 9. The molecule has 0 radical (unpaired) electrons. The van der Waals surface area contributed by atoms with E-state index in [1.165, 1.54) is 13.2 Å².